The summed E-state index contributed by atoms with van der Waals surface area (Å²) in [6, 6.07) is 10.1. The van der Waals surface area contributed by atoms with Crippen molar-refractivity contribution in [3.8, 4) is 0 Å². The monoisotopic (exact) mass is 202 g/mol. The van der Waals surface area contributed by atoms with E-state index in [0.717, 1.165) is 24.8 Å². The van der Waals surface area contributed by atoms with Gasteiger partial charge in [0.15, 0.2) is 0 Å². The Morgan fingerprint density at radius 1 is 1.20 bits per heavy atom. The molecule has 0 saturated heterocycles. The largest absolute Gasteiger partial charge is 0.234 e. The van der Waals surface area contributed by atoms with E-state index < -0.39 is 0 Å². The molecule has 0 fully saturated rings. The van der Waals surface area contributed by atoms with Gasteiger partial charge in [-0.3, -0.25) is 0 Å². The molecule has 0 N–H and O–H groups in total. The van der Waals surface area contributed by atoms with Gasteiger partial charge < -0.3 is 0 Å². The molecule has 15 heavy (non-hydrogen) atoms. The fourth-order valence-corrected chi connectivity index (χ4v) is 1.86. The highest BCUT2D eigenvalue weighted by Crippen LogP contribution is 2.20. The summed E-state index contributed by atoms with van der Waals surface area (Å²) in [6.07, 6.45) is 2.79. The molecule has 0 aliphatic heterocycles. The number of benzene rings is 1. The van der Waals surface area contributed by atoms with E-state index in [-0.39, 0.29) is 0 Å². The molecule has 1 aromatic rings. The van der Waals surface area contributed by atoms with E-state index in [9.17, 15) is 4.79 Å². The number of allylic oxidation sites excluding steroid dienone is 1. The van der Waals surface area contributed by atoms with Crippen LogP contribution in [0, 0.1) is 5.92 Å². The van der Waals surface area contributed by atoms with Crippen molar-refractivity contribution in [2.75, 3.05) is 0 Å². The van der Waals surface area contributed by atoms with Gasteiger partial charge in [0.2, 0.25) is 0 Å². The van der Waals surface area contributed by atoms with Gasteiger partial charge in [0.25, 0.3) is 0 Å². The van der Waals surface area contributed by atoms with Crippen LogP contribution in [-0.2, 0) is 11.2 Å². The molecular formula is C14H18O. The summed E-state index contributed by atoms with van der Waals surface area (Å²) >= 11 is 0. The van der Waals surface area contributed by atoms with Gasteiger partial charge in [0, 0.05) is 12.0 Å². The number of rotatable bonds is 5. The molecule has 0 unspecified atom stereocenters. The molecular weight excluding hydrogens is 184 g/mol. The second-order valence-corrected chi connectivity index (χ2v) is 3.80. The van der Waals surface area contributed by atoms with Crippen molar-refractivity contribution in [2.45, 2.75) is 33.1 Å². The zero-order valence-electron chi connectivity index (χ0n) is 9.49. The SMILES string of the molecule is CCC(CC)C(=C=O)Cc1ccccc1. The smallest absolute Gasteiger partial charge is 0.124 e. The Labute approximate surface area is 91.8 Å². The third-order valence-electron chi connectivity index (χ3n) is 2.85. The maximum Gasteiger partial charge on any atom is 0.124 e. The van der Waals surface area contributed by atoms with E-state index in [1.54, 1.807) is 0 Å². The van der Waals surface area contributed by atoms with Gasteiger partial charge in [-0.1, -0.05) is 44.2 Å². The summed E-state index contributed by atoms with van der Waals surface area (Å²) in [4.78, 5) is 10.9. The van der Waals surface area contributed by atoms with Crippen LogP contribution in [-0.4, -0.2) is 5.94 Å². The van der Waals surface area contributed by atoms with E-state index in [4.69, 9.17) is 0 Å². The number of hydrogen-bond donors (Lipinski definition) is 0. The summed E-state index contributed by atoms with van der Waals surface area (Å²) in [5.74, 6) is 2.51. The molecule has 0 aliphatic rings. The lowest BCUT2D eigenvalue weighted by Crippen LogP contribution is -2.05. The Bertz CT molecular complexity index is 330. The lowest BCUT2D eigenvalue weighted by molar-refractivity contribution is 0.536. The van der Waals surface area contributed by atoms with Gasteiger partial charge in [0.1, 0.15) is 5.94 Å². The molecule has 0 radical (unpaired) electrons. The highest BCUT2D eigenvalue weighted by Gasteiger charge is 2.11. The minimum Gasteiger partial charge on any atom is -0.234 e. The van der Waals surface area contributed by atoms with E-state index in [2.05, 4.69) is 31.9 Å². The summed E-state index contributed by atoms with van der Waals surface area (Å²) in [5, 5.41) is 0. The molecule has 1 aromatic carbocycles. The molecule has 1 heteroatoms. The number of hydrogen-bond acceptors (Lipinski definition) is 1. The Hall–Kier alpha value is -1.33. The van der Waals surface area contributed by atoms with Crippen molar-refractivity contribution in [3.05, 3.63) is 41.5 Å². The maximum absolute atomic E-state index is 10.9. The maximum atomic E-state index is 10.9. The van der Waals surface area contributed by atoms with Crippen molar-refractivity contribution in [1.82, 2.24) is 0 Å². The average Bonchev–Trinajstić information content (AvgIpc) is 2.30. The standard InChI is InChI=1S/C14H18O/c1-3-13(4-2)14(11-15)10-12-8-6-5-7-9-12/h5-9,13H,3-4,10H2,1-2H3. The molecule has 1 rings (SSSR count). The van der Waals surface area contributed by atoms with Gasteiger partial charge in [-0.15, -0.1) is 0 Å². The Balaban J connectivity index is 2.75. The van der Waals surface area contributed by atoms with Crippen molar-refractivity contribution in [2.24, 2.45) is 5.92 Å². The van der Waals surface area contributed by atoms with Crippen molar-refractivity contribution < 1.29 is 4.79 Å². The minimum atomic E-state index is 0.391. The Kier molecular flexibility index (Phi) is 4.86. The zero-order chi connectivity index (χ0) is 11.1. The fourth-order valence-electron chi connectivity index (χ4n) is 1.86. The lowest BCUT2D eigenvalue weighted by Gasteiger charge is -2.13. The first-order valence-corrected chi connectivity index (χ1v) is 5.59. The average molecular weight is 202 g/mol. The topological polar surface area (TPSA) is 17.1 Å². The first-order valence-electron chi connectivity index (χ1n) is 5.59. The quantitative estimate of drug-likeness (QED) is 0.669. The first-order chi connectivity index (χ1) is 7.31. The summed E-state index contributed by atoms with van der Waals surface area (Å²) in [5.41, 5.74) is 2.11. The lowest BCUT2D eigenvalue weighted by atomic mass is 9.90. The van der Waals surface area contributed by atoms with E-state index in [1.807, 2.05) is 18.2 Å². The zero-order valence-corrected chi connectivity index (χ0v) is 9.49. The van der Waals surface area contributed by atoms with Crippen molar-refractivity contribution in [3.63, 3.8) is 0 Å². The van der Waals surface area contributed by atoms with Gasteiger partial charge >= 0.3 is 0 Å². The van der Waals surface area contributed by atoms with E-state index in [1.165, 1.54) is 5.56 Å². The van der Waals surface area contributed by atoms with Crippen LogP contribution in [0.3, 0.4) is 0 Å². The summed E-state index contributed by atoms with van der Waals surface area (Å²) in [7, 11) is 0. The van der Waals surface area contributed by atoms with Crippen LogP contribution in [0.4, 0.5) is 0 Å². The molecule has 0 spiro atoms. The normalized spacial score (nSPS) is 10.1. The minimum absolute atomic E-state index is 0.391. The predicted molar refractivity (Wildman–Crippen MR) is 63.4 cm³/mol. The molecule has 0 atom stereocenters. The van der Waals surface area contributed by atoms with Crippen molar-refractivity contribution >= 4 is 5.94 Å². The van der Waals surface area contributed by atoms with Crippen LogP contribution in [0.2, 0.25) is 0 Å². The van der Waals surface area contributed by atoms with Crippen LogP contribution < -0.4 is 0 Å². The van der Waals surface area contributed by atoms with Gasteiger partial charge in [-0.2, -0.15) is 0 Å². The van der Waals surface area contributed by atoms with Crippen LogP contribution in [0.5, 0.6) is 0 Å². The predicted octanol–water partition coefficient (Wildman–Crippen LogP) is 3.42. The fraction of sp³-hybridized carbons (Fsp3) is 0.429. The second kappa shape index (κ2) is 6.21. The van der Waals surface area contributed by atoms with E-state index in [0.29, 0.717) is 5.92 Å². The first kappa shape index (κ1) is 11.7. The molecule has 1 nitrogen and oxygen atoms in total. The highest BCUT2D eigenvalue weighted by atomic mass is 16.1. The van der Waals surface area contributed by atoms with Crippen LogP contribution >= 0.6 is 0 Å². The van der Waals surface area contributed by atoms with Crippen LogP contribution in [0.1, 0.15) is 32.3 Å². The third-order valence-corrected chi connectivity index (χ3v) is 2.85. The second-order valence-electron chi connectivity index (χ2n) is 3.80. The number of carbonyl (C=O) groups excluding carboxylic acids is 1. The molecule has 0 aliphatic carbocycles. The van der Waals surface area contributed by atoms with E-state index >= 15 is 0 Å². The third kappa shape index (κ3) is 3.38. The molecule has 0 heterocycles. The van der Waals surface area contributed by atoms with Gasteiger partial charge in [-0.05, 0) is 24.3 Å². The molecule has 0 aromatic heterocycles. The highest BCUT2D eigenvalue weighted by molar-refractivity contribution is 5.54. The van der Waals surface area contributed by atoms with Gasteiger partial charge in [0.05, 0.1) is 0 Å². The molecule has 0 amide bonds. The van der Waals surface area contributed by atoms with Crippen molar-refractivity contribution in [1.29, 1.82) is 0 Å². The van der Waals surface area contributed by atoms with Crippen LogP contribution in [0.15, 0.2) is 35.9 Å². The molecule has 0 bridgehead atoms. The molecule has 0 saturated carbocycles. The summed E-state index contributed by atoms with van der Waals surface area (Å²) in [6.45, 7) is 4.24. The van der Waals surface area contributed by atoms with Crippen LogP contribution in [0.25, 0.3) is 0 Å². The molecule has 80 valence electrons. The Morgan fingerprint density at radius 3 is 2.27 bits per heavy atom. The summed E-state index contributed by atoms with van der Waals surface area (Å²) < 4.78 is 0. The van der Waals surface area contributed by atoms with Gasteiger partial charge in [-0.25, -0.2) is 4.79 Å². The Morgan fingerprint density at radius 2 is 1.80 bits per heavy atom.